The molecule has 0 aliphatic carbocycles. The molecular formula is C24H22N4O2. The zero-order valence-electron chi connectivity index (χ0n) is 16.3. The summed E-state index contributed by atoms with van der Waals surface area (Å²) in [6.07, 6.45) is 0.394. The van der Waals surface area contributed by atoms with E-state index in [1.54, 1.807) is 24.3 Å². The second kappa shape index (κ2) is 9.05. The molecule has 0 aliphatic rings. The second-order valence-electron chi connectivity index (χ2n) is 7.00. The van der Waals surface area contributed by atoms with Crippen molar-refractivity contribution >= 4 is 22.8 Å². The number of fused-ring (bicyclic) bond motifs is 1. The van der Waals surface area contributed by atoms with Gasteiger partial charge in [-0.1, -0.05) is 60.7 Å². The molecule has 0 aliphatic heterocycles. The largest absolute Gasteiger partial charge is 0.347 e. The molecule has 1 atom stereocenters. The molecule has 0 saturated heterocycles. The molecule has 1 unspecified atom stereocenters. The van der Waals surface area contributed by atoms with Gasteiger partial charge in [0.25, 0.3) is 5.91 Å². The van der Waals surface area contributed by atoms with E-state index in [2.05, 4.69) is 20.6 Å². The highest BCUT2D eigenvalue weighted by molar-refractivity contribution is 5.97. The Morgan fingerprint density at radius 1 is 0.867 bits per heavy atom. The third-order valence-electron chi connectivity index (χ3n) is 4.81. The van der Waals surface area contributed by atoms with Crippen molar-refractivity contribution < 1.29 is 9.59 Å². The van der Waals surface area contributed by atoms with Crippen LogP contribution in [0.15, 0.2) is 84.9 Å². The number of aromatic amines is 1. The van der Waals surface area contributed by atoms with Gasteiger partial charge in [-0.25, -0.2) is 4.98 Å². The number of nitrogens with one attached hydrogen (secondary N) is 3. The fraction of sp³-hybridized carbons (Fsp3) is 0.125. The predicted molar refractivity (Wildman–Crippen MR) is 116 cm³/mol. The monoisotopic (exact) mass is 398 g/mol. The van der Waals surface area contributed by atoms with Crippen LogP contribution in [0.2, 0.25) is 0 Å². The first-order valence-electron chi connectivity index (χ1n) is 9.80. The number of H-pyrrole nitrogens is 1. The maximum absolute atomic E-state index is 12.9. The molecule has 30 heavy (non-hydrogen) atoms. The molecule has 0 bridgehead atoms. The van der Waals surface area contributed by atoms with Gasteiger partial charge in [-0.05, 0) is 29.8 Å². The Balaban J connectivity index is 1.47. The number of para-hydroxylation sites is 2. The van der Waals surface area contributed by atoms with Gasteiger partial charge in [0.05, 0.1) is 17.6 Å². The molecule has 150 valence electrons. The Hall–Kier alpha value is -3.93. The van der Waals surface area contributed by atoms with Gasteiger partial charge in [0.1, 0.15) is 11.9 Å². The minimum absolute atomic E-state index is 0.250. The summed E-state index contributed by atoms with van der Waals surface area (Å²) in [5.41, 5.74) is 3.25. The van der Waals surface area contributed by atoms with Crippen LogP contribution in [-0.4, -0.2) is 27.8 Å². The molecule has 6 nitrogen and oxygen atoms in total. The highest BCUT2D eigenvalue weighted by Crippen LogP contribution is 2.10. The smallest absolute Gasteiger partial charge is 0.251 e. The number of hydrogen-bond acceptors (Lipinski definition) is 3. The van der Waals surface area contributed by atoms with Gasteiger partial charge in [-0.2, -0.15) is 0 Å². The van der Waals surface area contributed by atoms with Crippen LogP contribution in [0.3, 0.4) is 0 Å². The molecule has 6 heteroatoms. The first kappa shape index (κ1) is 19.4. The van der Waals surface area contributed by atoms with Crippen LogP contribution in [-0.2, 0) is 17.8 Å². The predicted octanol–water partition coefficient (Wildman–Crippen LogP) is 3.22. The lowest BCUT2D eigenvalue weighted by Gasteiger charge is -2.18. The van der Waals surface area contributed by atoms with Crippen LogP contribution in [0, 0.1) is 0 Å². The minimum Gasteiger partial charge on any atom is -0.347 e. The zero-order valence-corrected chi connectivity index (χ0v) is 16.3. The van der Waals surface area contributed by atoms with Gasteiger partial charge in [-0.3, -0.25) is 9.59 Å². The van der Waals surface area contributed by atoms with Crippen LogP contribution in [0.4, 0.5) is 0 Å². The van der Waals surface area contributed by atoms with E-state index in [0.29, 0.717) is 17.8 Å². The molecular weight excluding hydrogens is 376 g/mol. The molecule has 3 aromatic carbocycles. The Bertz CT molecular complexity index is 1110. The van der Waals surface area contributed by atoms with Crippen molar-refractivity contribution in [3.63, 3.8) is 0 Å². The Morgan fingerprint density at radius 2 is 1.53 bits per heavy atom. The number of nitrogens with zero attached hydrogens (tertiary/aromatic N) is 1. The first-order chi connectivity index (χ1) is 14.7. The van der Waals surface area contributed by atoms with Gasteiger partial charge in [0.15, 0.2) is 0 Å². The van der Waals surface area contributed by atoms with Crippen molar-refractivity contribution in [1.82, 2.24) is 20.6 Å². The number of carbonyl (C=O) groups excluding carboxylic acids is 2. The van der Waals surface area contributed by atoms with Crippen LogP contribution in [0.25, 0.3) is 11.0 Å². The number of hydrogen-bond donors (Lipinski definition) is 3. The second-order valence-corrected chi connectivity index (χ2v) is 7.00. The average Bonchev–Trinajstić information content (AvgIpc) is 3.21. The summed E-state index contributed by atoms with van der Waals surface area (Å²) in [6.45, 7) is 0.250. The molecule has 0 saturated carbocycles. The molecule has 1 aromatic heterocycles. The third-order valence-corrected chi connectivity index (χ3v) is 4.81. The van der Waals surface area contributed by atoms with E-state index in [9.17, 15) is 9.59 Å². The Labute approximate surface area is 174 Å². The van der Waals surface area contributed by atoms with Crippen LogP contribution in [0.5, 0.6) is 0 Å². The first-order valence-corrected chi connectivity index (χ1v) is 9.80. The summed E-state index contributed by atoms with van der Waals surface area (Å²) in [4.78, 5) is 33.2. The van der Waals surface area contributed by atoms with E-state index in [4.69, 9.17) is 0 Å². The number of carbonyl (C=O) groups is 2. The van der Waals surface area contributed by atoms with E-state index in [1.807, 2.05) is 60.7 Å². The highest BCUT2D eigenvalue weighted by Gasteiger charge is 2.22. The summed E-state index contributed by atoms with van der Waals surface area (Å²) in [6, 6.07) is 25.5. The summed E-state index contributed by atoms with van der Waals surface area (Å²) in [5.74, 6) is 0.122. The molecule has 0 radical (unpaired) electrons. The van der Waals surface area contributed by atoms with E-state index in [-0.39, 0.29) is 18.4 Å². The normalized spacial score (nSPS) is 11.7. The fourth-order valence-corrected chi connectivity index (χ4v) is 3.27. The molecule has 1 heterocycles. The van der Waals surface area contributed by atoms with Gasteiger partial charge < -0.3 is 15.6 Å². The number of imidazole rings is 1. The summed E-state index contributed by atoms with van der Waals surface area (Å²) in [7, 11) is 0. The fourth-order valence-electron chi connectivity index (χ4n) is 3.27. The summed E-state index contributed by atoms with van der Waals surface area (Å²) < 4.78 is 0. The Morgan fingerprint density at radius 3 is 2.27 bits per heavy atom. The van der Waals surface area contributed by atoms with E-state index < -0.39 is 6.04 Å². The highest BCUT2D eigenvalue weighted by atomic mass is 16.2. The molecule has 0 fully saturated rings. The lowest BCUT2D eigenvalue weighted by atomic mass is 10.0. The van der Waals surface area contributed by atoms with E-state index in [1.165, 1.54) is 0 Å². The van der Waals surface area contributed by atoms with Gasteiger partial charge in [0.2, 0.25) is 5.91 Å². The summed E-state index contributed by atoms with van der Waals surface area (Å²) >= 11 is 0. The lowest BCUT2D eigenvalue weighted by molar-refractivity contribution is -0.123. The van der Waals surface area contributed by atoms with Crippen molar-refractivity contribution in [1.29, 1.82) is 0 Å². The van der Waals surface area contributed by atoms with Gasteiger partial charge in [0, 0.05) is 12.0 Å². The number of aromatic nitrogens is 2. The average molecular weight is 398 g/mol. The van der Waals surface area contributed by atoms with E-state index >= 15 is 0 Å². The van der Waals surface area contributed by atoms with Crippen LogP contribution >= 0.6 is 0 Å². The maximum Gasteiger partial charge on any atom is 0.251 e. The quantitative estimate of drug-likeness (QED) is 0.447. The topological polar surface area (TPSA) is 86.9 Å². The maximum atomic E-state index is 12.9. The van der Waals surface area contributed by atoms with Gasteiger partial charge in [-0.15, -0.1) is 0 Å². The van der Waals surface area contributed by atoms with Crippen LogP contribution < -0.4 is 10.6 Å². The standard InChI is InChI=1S/C24H22N4O2/c29-23(18-11-5-2-6-12-18)28-21(15-17-9-3-1-4-10-17)24(30)25-16-22-26-19-13-7-8-14-20(19)27-22/h1-14,21H,15-16H2,(H,25,30)(H,26,27)(H,28,29). The molecule has 0 spiro atoms. The Kier molecular flexibility index (Phi) is 5.85. The van der Waals surface area contributed by atoms with E-state index in [0.717, 1.165) is 16.6 Å². The molecule has 3 N–H and O–H groups in total. The van der Waals surface area contributed by atoms with Crippen molar-refractivity contribution in [3.8, 4) is 0 Å². The van der Waals surface area contributed by atoms with Crippen LogP contribution in [0.1, 0.15) is 21.7 Å². The van der Waals surface area contributed by atoms with Crippen molar-refractivity contribution in [3.05, 3.63) is 102 Å². The molecule has 4 aromatic rings. The van der Waals surface area contributed by atoms with Crippen molar-refractivity contribution in [2.45, 2.75) is 19.0 Å². The number of benzene rings is 3. The van der Waals surface area contributed by atoms with Crippen molar-refractivity contribution in [2.24, 2.45) is 0 Å². The van der Waals surface area contributed by atoms with Crippen molar-refractivity contribution in [2.75, 3.05) is 0 Å². The zero-order chi connectivity index (χ0) is 20.8. The third kappa shape index (κ3) is 4.72. The SMILES string of the molecule is O=C(NC(Cc1ccccc1)C(=O)NCc1nc2ccccc2[nH]1)c1ccccc1. The lowest BCUT2D eigenvalue weighted by Crippen LogP contribution is -2.47. The number of rotatable bonds is 7. The number of amides is 2. The molecule has 2 amide bonds. The van der Waals surface area contributed by atoms with Gasteiger partial charge >= 0.3 is 0 Å². The minimum atomic E-state index is -0.704. The molecule has 4 rings (SSSR count). The summed E-state index contributed by atoms with van der Waals surface area (Å²) in [5, 5.41) is 5.75.